The number of nitrogens with one attached hydrogen (secondary N) is 1. The molecule has 0 aliphatic carbocycles. The summed E-state index contributed by atoms with van der Waals surface area (Å²) in [7, 11) is 0. The Morgan fingerprint density at radius 3 is 2.49 bits per heavy atom. The molecular formula is C27H20BrN9. The summed E-state index contributed by atoms with van der Waals surface area (Å²) < 4.78 is 6.85. The van der Waals surface area contributed by atoms with Crippen LogP contribution in [-0.4, -0.2) is 39.5 Å². The van der Waals surface area contributed by atoms with Crippen LogP contribution in [0.15, 0.2) is 95.7 Å². The zero-order chi connectivity index (χ0) is 24.9. The maximum atomic E-state index is 5.00. The number of benzene rings is 3. The number of hydrogen-bond donors (Lipinski definition) is 1. The molecule has 180 valence electrons. The van der Waals surface area contributed by atoms with Gasteiger partial charge in [0.05, 0.1) is 22.9 Å². The highest BCUT2D eigenvalue weighted by atomic mass is 79.9. The fourth-order valence-corrected chi connectivity index (χ4v) is 5.07. The summed E-state index contributed by atoms with van der Waals surface area (Å²) in [6.45, 7) is 2.02. The number of anilines is 1. The molecule has 3 aromatic carbocycles. The van der Waals surface area contributed by atoms with E-state index < -0.39 is 0 Å². The summed E-state index contributed by atoms with van der Waals surface area (Å²) in [5.41, 5.74) is 6.49. The molecule has 0 bridgehead atoms. The Kier molecular flexibility index (Phi) is 5.00. The zero-order valence-electron chi connectivity index (χ0n) is 19.7. The van der Waals surface area contributed by atoms with Crippen LogP contribution in [0.5, 0.6) is 0 Å². The van der Waals surface area contributed by atoms with Crippen molar-refractivity contribution in [1.82, 2.24) is 39.5 Å². The van der Waals surface area contributed by atoms with Crippen LogP contribution in [0.3, 0.4) is 0 Å². The lowest BCUT2D eigenvalue weighted by Crippen LogP contribution is -2.21. The van der Waals surface area contributed by atoms with E-state index in [-0.39, 0.29) is 6.04 Å². The van der Waals surface area contributed by atoms with Gasteiger partial charge in [-0.15, -0.1) is 15.3 Å². The molecule has 7 rings (SSSR count). The molecule has 37 heavy (non-hydrogen) atoms. The molecule has 1 unspecified atom stereocenters. The van der Waals surface area contributed by atoms with Gasteiger partial charge in [-0.1, -0.05) is 63.6 Å². The van der Waals surface area contributed by atoms with E-state index in [1.807, 2.05) is 87.6 Å². The topological polar surface area (TPSA) is 91.3 Å². The Balaban J connectivity index is 1.50. The molecule has 1 aliphatic heterocycles. The van der Waals surface area contributed by atoms with Gasteiger partial charge < -0.3 is 5.32 Å². The number of fused-ring (bicyclic) bond motifs is 2. The van der Waals surface area contributed by atoms with Gasteiger partial charge in [0.25, 0.3) is 0 Å². The van der Waals surface area contributed by atoms with Gasteiger partial charge in [-0.2, -0.15) is 9.78 Å². The molecule has 0 saturated heterocycles. The molecule has 1 aliphatic rings. The second-order valence-corrected chi connectivity index (χ2v) is 9.69. The Hall–Kier alpha value is -4.57. The van der Waals surface area contributed by atoms with E-state index in [0.29, 0.717) is 5.95 Å². The summed E-state index contributed by atoms with van der Waals surface area (Å²) >= 11 is 3.53. The number of para-hydroxylation sites is 2. The van der Waals surface area contributed by atoms with E-state index in [0.717, 1.165) is 49.5 Å². The van der Waals surface area contributed by atoms with Gasteiger partial charge in [-0.05, 0) is 55.0 Å². The Labute approximate surface area is 220 Å². The van der Waals surface area contributed by atoms with Crippen molar-refractivity contribution in [2.45, 2.75) is 13.0 Å². The molecule has 10 heteroatoms. The second-order valence-electron chi connectivity index (χ2n) is 8.78. The van der Waals surface area contributed by atoms with E-state index in [1.54, 1.807) is 6.33 Å². The van der Waals surface area contributed by atoms with Crippen LogP contribution in [-0.2, 0) is 0 Å². The van der Waals surface area contributed by atoms with Gasteiger partial charge in [0.1, 0.15) is 11.8 Å². The summed E-state index contributed by atoms with van der Waals surface area (Å²) in [4.78, 5) is 0. The van der Waals surface area contributed by atoms with Gasteiger partial charge >= 0.3 is 0 Å². The van der Waals surface area contributed by atoms with Gasteiger partial charge in [-0.3, -0.25) is 4.57 Å². The molecule has 9 nitrogen and oxygen atoms in total. The van der Waals surface area contributed by atoms with Crippen LogP contribution >= 0.6 is 15.9 Å². The van der Waals surface area contributed by atoms with Crippen molar-refractivity contribution < 1.29 is 0 Å². The molecule has 3 aromatic heterocycles. The third-order valence-electron chi connectivity index (χ3n) is 6.53. The van der Waals surface area contributed by atoms with Gasteiger partial charge in [0, 0.05) is 15.7 Å². The minimum absolute atomic E-state index is 0.236. The molecule has 0 amide bonds. The van der Waals surface area contributed by atoms with E-state index in [4.69, 9.17) is 5.10 Å². The summed E-state index contributed by atoms with van der Waals surface area (Å²) in [5.74, 6) is 1.47. The Bertz CT molecular complexity index is 1780. The van der Waals surface area contributed by atoms with Crippen molar-refractivity contribution in [3.63, 3.8) is 0 Å². The van der Waals surface area contributed by atoms with E-state index in [9.17, 15) is 0 Å². The lowest BCUT2D eigenvalue weighted by molar-refractivity contribution is 0.674. The second kappa shape index (κ2) is 8.52. The van der Waals surface area contributed by atoms with Crippen molar-refractivity contribution in [2.24, 2.45) is 0 Å². The standard InChI is InChI=1S/C27H20BrN9/c1-17-25(24-15-22(18-11-13-19(28)14-12-18)30-27-32-29-16-35(24)27)26(36(33-17)20-7-3-2-4-8-20)37-23-10-6-5-9-21(23)31-34-37/h2-16,24H,1H3,(H,30,32). The fraction of sp³-hybridized carbons (Fsp3) is 0.0741. The van der Waals surface area contributed by atoms with Crippen LogP contribution in [0.4, 0.5) is 5.95 Å². The van der Waals surface area contributed by atoms with Crippen LogP contribution in [0.2, 0.25) is 0 Å². The largest absolute Gasteiger partial charge is 0.324 e. The molecule has 0 spiro atoms. The van der Waals surface area contributed by atoms with Gasteiger partial charge in [0.2, 0.25) is 5.95 Å². The number of allylic oxidation sites excluding steroid dienone is 1. The number of aryl methyl sites for hydroxylation is 1. The number of halogens is 1. The molecular weight excluding hydrogens is 530 g/mol. The third kappa shape index (κ3) is 3.56. The zero-order valence-corrected chi connectivity index (χ0v) is 21.3. The number of rotatable bonds is 4. The van der Waals surface area contributed by atoms with Crippen LogP contribution in [0, 0.1) is 6.92 Å². The predicted octanol–water partition coefficient (Wildman–Crippen LogP) is 5.32. The minimum Gasteiger partial charge on any atom is -0.324 e. The van der Waals surface area contributed by atoms with Crippen molar-refractivity contribution in [3.8, 4) is 11.5 Å². The van der Waals surface area contributed by atoms with Crippen LogP contribution in [0.1, 0.15) is 22.9 Å². The van der Waals surface area contributed by atoms with Crippen LogP contribution < -0.4 is 5.32 Å². The first-order valence-corrected chi connectivity index (χ1v) is 12.6. The summed E-state index contributed by atoms with van der Waals surface area (Å²) in [6.07, 6.45) is 3.92. The minimum atomic E-state index is -0.236. The average molecular weight is 550 g/mol. The van der Waals surface area contributed by atoms with E-state index >= 15 is 0 Å². The van der Waals surface area contributed by atoms with Crippen LogP contribution in [0.25, 0.3) is 28.2 Å². The van der Waals surface area contributed by atoms with Gasteiger partial charge in [0.15, 0.2) is 5.82 Å². The summed E-state index contributed by atoms with van der Waals surface area (Å²) in [5, 5.41) is 26.0. The van der Waals surface area contributed by atoms with Crippen molar-refractivity contribution in [1.29, 1.82) is 0 Å². The molecule has 0 radical (unpaired) electrons. The maximum Gasteiger partial charge on any atom is 0.229 e. The monoisotopic (exact) mass is 549 g/mol. The maximum absolute atomic E-state index is 5.00. The Morgan fingerprint density at radius 2 is 1.65 bits per heavy atom. The summed E-state index contributed by atoms with van der Waals surface area (Å²) in [6, 6.07) is 26.0. The first-order chi connectivity index (χ1) is 18.2. The molecule has 1 atom stereocenters. The quantitative estimate of drug-likeness (QED) is 0.319. The normalized spacial score (nSPS) is 14.9. The van der Waals surface area contributed by atoms with Gasteiger partial charge in [-0.25, -0.2) is 4.68 Å². The fourth-order valence-electron chi connectivity index (χ4n) is 4.81. The molecule has 0 saturated carbocycles. The lowest BCUT2D eigenvalue weighted by atomic mass is 10.0. The number of hydrogen-bond acceptors (Lipinski definition) is 6. The molecule has 0 fully saturated rings. The highest BCUT2D eigenvalue weighted by Crippen LogP contribution is 2.38. The number of aromatic nitrogens is 8. The third-order valence-corrected chi connectivity index (χ3v) is 7.06. The lowest BCUT2D eigenvalue weighted by Gasteiger charge is -2.25. The molecule has 4 heterocycles. The first kappa shape index (κ1) is 21.7. The number of nitrogens with zero attached hydrogens (tertiary/aromatic N) is 8. The Morgan fingerprint density at radius 1 is 0.865 bits per heavy atom. The highest BCUT2D eigenvalue weighted by Gasteiger charge is 2.31. The predicted molar refractivity (Wildman–Crippen MR) is 145 cm³/mol. The van der Waals surface area contributed by atoms with Crippen molar-refractivity contribution >= 4 is 38.6 Å². The average Bonchev–Trinajstić information content (AvgIpc) is 3.66. The van der Waals surface area contributed by atoms with E-state index in [1.165, 1.54) is 0 Å². The SMILES string of the molecule is Cc1nn(-c2ccccc2)c(-n2nnc3ccccc32)c1C1C=C(c2ccc(Br)cc2)Nc2nncn21. The molecule has 6 aromatic rings. The van der Waals surface area contributed by atoms with Crippen molar-refractivity contribution in [2.75, 3.05) is 5.32 Å². The van der Waals surface area contributed by atoms with Crippen molar-refractivity contribution in [3.05, 3.63) is 113 Å². The first-order valence-electron chi connectivity index (χ1n) is 11.8. The molecule has 1 N–H and O–H groups in total. The highest BCUT2D eigenvalue weighted by molar-refractivity contribution is 9.10. The van der Waals surface area contributed by atoms with E-state index in [2.05, 4.69) is 60.0 Å². The smallest absolute Gasteiger partial charge is 0.229 e.